The molecule has 0 saturated heterocycles. The maximum atomic E-state index is 11.7. The van der Waals surface area contributed by atoms with E-state index in [0.717, 1.165) is 0 Å². The van der Waals surface area contributed by atoms with Gasteiger partial charge in [-0.2, -0.15) is 0 Å². The molecule has 0 radical (unpaired) electrons. The molecule has 1 atom stereocenters. The van der Waals surface area contributed by atoms with Crippen LogP contribution >= 0.6 is 11.6 Å². The molecule has 0 heterocycles. The minimum absolute atomic E-state index is 0.0685. The standard InChI is InChI=1S/C14H19ClN2O3/c1-9(2)12(18)7-16-13(19)8-17-14(20)10-3-5-11(15)6-4-10/h3-6,9,12,18H,7-8H2,1-2H3,(H,16,19)(H,17,20). The van der Waals surface area contributed by atoms with Crippen molar-refractivity contribution in [3.8, 4) is 0 Å². The van der Waals surface area contributed by atoms with Crippen LogP contribution in [0.15, 0.2) is 24.3 Å². The molecule has 2 amide bonds. The summed E-state index contributed by atoms with van der Waals surface area (Å²) >= 11 is 5.72. The Hall–Kier alpha value is -1.59. The monoisotopic (exact) mass is 298 g/mol. The molecule has 1 unspecified atom stereocenters. The number of hydrogen-bond donors (Lipinski definition) is 3. The molecule has 1 rings (SSSR count). The second-order valence-electron chi connectivity index (χ2n) is 4.81. The van der Waals surface area contributed by atoms with Gasteiger partial charge >= 0.3 is 0 Å². The van der Waals surface area contributed by atoms with Crippen molar-refractivity contribution >= 4 is 23.4 Å². The molecule has 6 heteroatoms. The first-order chi connectivity index (χ1) is 9.40. The predicted molar refractivity (Wildman–Crippen MR) is 77.6 cm³/mol. The molecule has 3 N–H and O–H groups in total. The van der Waals surface area contributed by atoms with Crippen molar-refractivity contribution in [3.63, 3.8) is 0 Å². The van der Waals surface area contributed by atoms with E-state index in [0.29, 0.717) is 10.6 Å². The summed E-state index contributed by atoms with van der Waals surface area (Å²) in [5.41, 5.74) is 0.435. The van der Waals surface area contributed by atoms with Crippen LogP contribution in [0.5, 0.6) is 0 Å². The lowest BCUT2D eigenvalue weighted by atomic mass is 10.1. The van der Waals surface area contributed by atoms with E-state index in [9.17, 15) is 14.7 Å². The molecular weight excluding hydrogens is 280 g/mol. The summed E-state index contributed by atoms with van der Waals surface area (Å²) in [5.74, 6) is -0.618. The quantitative estimate of drug-likeness (QED) is 0.738. The van der Waals surface area contributed by atoms with Crippen molar-refractivity contribution in [2.45, 2.75) is 20.0 Å². The Morgan fingerprint density at radius 2 is 1.80 bits per heavy atom. The Labute approximate surface area is 123 Å². The van der Waals surface area contributed by atoms with Crippen LogP contribution in [0.25, 0.3) is 0 Å². The second kappa shape index (κ2) is 7.87. The summed E-state index contributed by atoms with van der Waals surface area (Å²) in [5, 5.41) is 15.1. The predicted octanol–water partition coefficient (Wildman–Crippen LogP) is 1.20. The van der Waals surface area contributed by atoms with Crippen molar-refractivity contribution in [2.24, 2.45) is 5.92 Å². The minimum Gasteiger partial charge on any atom is -0.391 e. The molecule has 0 aliphatic carbocycles. The van der Waals surface area contributed by atoms with Gasteiger partial charge in [0.1, 0.15) is 0 Å². The van der Waals surface area contributed by atoms with Gasteiger partial charge in [0, 0.05) is 17.1 Å². The highest BCUT2D eigenvalue weighted by molar-refractivity contribution is 6.30. The fourth-order valence-electron chi connectivity index (χ4n) is 1.38. The van der Waals surface area contributed by atoms with Crippen molar-refractivity contribution in [2.75, 3.05) is 13.1 Å². The number of aliphatic hydroxyl groups is 1. The van der Waals surface area contributed by atoms with Gasteiger partial charge in [-0.05, 0) is 30.2 Å². The van der Waals surface area contributed by atoms with Crippen LogP contribution < -0.4 is 10.6 Å². The van der Waals surface area contributed by atoms with Crippen molar-refractivity contribution in [3.05, 3.63) is 34.9 Å². The SMILES string of the molecule is CC(C)C(O)CNC(=O)CNC(=O)c1ccc(Cl)cc1. The van der Waals surface area contributed by atoms with Crippen LogP contribution in [-0.4, -0.2) is 36.1 Å². The van der Waals surface area contributed by atoms with Crippen LogP contribution in [-0.2, 0) is 4.79 Å². The average Bonchev–Trinajstić information content (AvgIpc) is 2.42. The van der Waals surface area contributed by atoms with Gasteiger partial charge in [0.05, 0.1) is 12.6 Å². The van der Waals surface area contributed by atoms with Crippen LogP contribution in [0.4, 0.5) is 0 Å². The van der Waals surface area contributed by atoms with Crippen LogP contribution in [0.2, 0.25) is 5.02 Å². The smallest absolute Gasteiger partial charge is 0.251 e. The van der Waals surface area contributed by atoms with Crippen LogP contribution in [0.1, 0.15) is 24.2 Å². The van der Waals surface area contributed by atoms with E-state index in [1.54, 1.807) is 24.3 Å². The molecule has 1 aromatic rings. The van der Waals surface area contributed by atoms with Crippen molar-refractivity contribution < 1.29 is 14.7 Å². The fourth-order valence-corrected chi connectivity index (χ4v) is 1.51. The topological polar surface area (TPSA) is 78.4 Å². The highest BCUT2D eigenvalue weighted by Gasteiger charge is 2.12. The molecular formula is C14H19ClN2O3. The third-order valence-corrected chi connectivity index (χ3v) is 3.05. The lowest BCUT2D eigenvalue weighted by molar-refractivity contribution is -0.120. The lowest BCUT2D eigenvalue weighted by Crippen LogP contribution is -2.41. The van der Waals surface area contributed by atoms with E-state index in [-0.39, 0.29) is 30.8 Å². The first kappa shape index (κ1) is 16.5. The van der Waals surface area contributed by atoms with Gasteiger partial charge in [-0.25, -0.2) is 0 Å². The first-order valence-electron chi connectivity index (χ1n) is 6.38. The number of carbonyl (C=O) groups excluding carboxylic acids is 2. The number of rotatable bonds is 6. The molecule has 1 aromatic carbocycles. The Morgan fingerprint density at radius 1 is 1.20 bits per heavy atom. The number of aliphatic hydroxyl groups excluding tert-OH is 1. The highest BCUT2D eigenvalue weighted by atomic mass is 35.5. The maximum absolute atomic E-state index is 11.7. The molecule has 0 spiro atoms. The molecule has 0 aliphatic rings. The number of benzene rings is 1. The summed E-state index contributed by atoms with van der Waals surface area (Å²) in [7, 11) is 0. The van der Waals surface area contributed by atoms with E-state index < -0.39 is 6.10 Å². The molecule has 5 nitrogen and oxygen atoms in total. The number of carbonyl (C=O) groups is 2. The zero-order valence-electron chi connectivity index (χ0n) is 11.5. The van der Waals surface area contributed by atoms with Gasteiger partial charge in [-0.15, -0.1) is 0 Å². The molecule has 0 fully saturated rings. The minimum atomic E-state index is -0.592. The molecule has 0 saturated carbocycles. The summed E-state index contributed by atoms with van der Waals surface area (Å²) in [6.07, 6.45) is -0.592. The molecule has 0 aliphatic heterocycles. The fraction of sp³-hybridized carbons (Fsp3) is 0.429. The van der Waals surface area contributed by atoms with E-state index >= 15 is 0 Å². The van der Waals surface area contributed by atoms with Crippen molar-refractivity contribution in [1.29, 1.82) is 0 Å². The molecule has 20 heavy (non-hydrogen) atoms. The Morgan fingerprint density at radius 3 is 2.35 bits per heavy atom. The molecule has 0 bridgehead atoms. The zero-order chi connectivity index (χ0) is 15.1. The van der Waals surface area contributed by atoms with Gasteiger partial charge in [-0.1, -0.05) is 25.4 Å². The van der Waals surface area contributed by atoms with Gasteiger partial charge in [0.15, 0.2) is 0 Å². The molecule has 110 valence electrons. The highest BCUT2D eigenvalue weighted by Crippen LogP contribution is 2.09. The largest absolute Gasteiger partial charge is 0.391 e. The average molecular weight is 299 g/mol. The summed E-state index contributed by atoms with van der Waals surface area (Å²) < 4.78 is 0. The second-order valence-corrected chi connectivity index (χ2v) is 5.24. The van der Waals surface area contributed by atoms with E-state index in [1.165, 1.54) is 0 Å². The molecule has 0 aromatic heterocycles. The Bertz CT molecular complexity index is 460. The normalized spacial score (nSPS) is 12.1. The number of halogens is 1. The third kappa shape index (κ3) is 5.59. The number of hydrogen-bond acceptors (Lipinski definition) is 3. The maximum Gasteiger partial charge on any atom is 0.251 e. The van der Waals surface area contributed by atoms with Crippen LogP contribution in [0, 0.1) is 5.92 Å². The summed E-state index contributed by atoms with van der Waals surface area (Å²) in [6, 6.07) is 6.38. The number of nitrogens with one attached hydrogen (secondary N) is 2. The van der Waals surface area contributed by atoms with Gasteiger partial charge in [-0.3, -0.25) is 9.59 Å². The van der Waals surface area contributed by atoms with Gasteiger partial charge in [0.25, 0.3) is 5.91 Å². The zero-order valence-corrected chi connectivity index (χ0v) is 12.3. The Balaban J connectivity index is 2.34. The van der Waals surface area contributed by atoms with Crippen LogP contribution in [0.3, 0.4) is 0 Å². The summed E-state index contributed by atoms with van der Waals surface area (Å²) in [6.45, 7) is 3.76. The van der Waals surface area contributed by atoms with E-state index in [1.807, 2.05) is 13.8 Å². The van der Waals surface area contributed by atoms with Gasteiger partial charge < -0.3 is 15.7 Å². The number of amides is 2. The van der Waals surface area contributed by atoms with Crippen molar-refractivity contribution in [1.82, 2.24) is 10.6 Å². The Kier molecular flexibility index (Phi) is 6.48. The lowest BCUT2D eigenvalue weighted by Gasteiger charge is -2.15. The van der Waals surface area contributed by atoms with E-state index in [4.69, 9.17) is 11.6 Å². The summed E-state index contributed by atoms with van der Waals surface area (Å²) in [4.78, 5) is 23.2. The van der Waals surface area contributed by atoms with Gasteiger partial charge in [0.2, 0.25) is 5.91 Å². The first-order valence-corrected chi connectivity index (χ1v) is 6.76. The third-order valence-electron chi connectivity index (χ3n) is 2.79. The van der Waals surface area contributed by atoms with E-state index in [2.05, 4.69) is 10.6 Å².